The van der Waals surface area contributed by atoms with Crippen LogP contribution in [0.15, 0.2) is 23.4 Å². The van der Waals surface area contributed by atoms with Gasteiger partial charge in [0.15, 0.2) is 5.69 Å². The molecule has 1 aromatic carbocycles. The summed E-state index contributed by atoms with van der Waals surface area (Å²) in [4.78, 5) is 19.5. The van der Waals surface area contributed by atoms with E-state index in [-0.39, 0.29) is 17.1 Å². The molecule has 1 N–H and O–H groups in total. The van der Waals surface area contributed by atoms with Gasteiger partial charge >= 0.3 is 0 Å². The number of benzene rings is 1. The number of nitrogens with zero attached hydrogens (tertiary/aromatic N) is 2. The van der Waals surface area contributed by atoms with Crippen LogP contribution in [0.2, 0.25) is 0 Å². The highest BCUT2D eigenvalue weighted by Crippen LogP contribution is 2.29. The third-order valence-corrected chi connectivity index (χ3v) is 1.27. The monoisotopic (exact) mass is 168 g/mol. The highest BCUT2D eigenvalue weighted by Gasteiger charge is 2.09. The third kappa shape index (κ3) is 1.36. The van der Waals surface area contributed by atoms with Gasteiger partial charge in [0.2, 0.25) is 0 Å². The summed E-state index contributed by atoms with van der Waals surface area (Å²) in [7, 11) is 0. The zero-order chi connectivity index (χ0) is 9.14. The van der Waals surface area contributed by atoms with Crippen molar-refractivity contribution >= 4 is 11.4 Å². The predicted molar refractivity (Wildman–Crippen MR) is 40.2 cm³/mol. The van der Waals surface area contributed by atoms with Gasteiger partial charge in [-0.15, -0.1) is 4.91 Å². The number of hydrogen-bond acceptors (Lipinski definition) is 5. The number of nitro groups is 1. The van der Waals surface area contributed by atoms with Gasteiger partial charge in [0.05, 0.1) is 4.92 Å². The average molecular weight is 168 g/mol. The van der Waals surface area contributed by atoms with Gasteiger partial charge in [-0.3, -0.25) is 10.1 Å². The molecule has 62 valence electrons. The Bertz CT molecular complexity index is 336. The minimum absolute atomic E-state index is 0.276. The Morgan fingerprint density at radius 1 is 1.50 bits per heavy atom. The van der Waals surface area contributed by atoms with Crippen molar-refractivity contribution in [3.05, 3.63) is 33.2 Å². The van der Waals surface area contributed by atoms with Crippen molar-refractivity contribution in [1.29, 1.82) is 0 Å². The van der Waals surface area contributed by atoms with Crippen molar-refractivity contribution in [1.82, 2.24) is 0 Å². The third-order valence-electron chi connectivity index (χ3n) is 1.27. The fourth-order valence-electron chi connectivity index (χ4n) is 0.699. The van der Waals surface area contributed by atoms with Crippen LogP contribution < -0.4 is 0 Å². The van der Waals surface area contributed by atoms with Crippen LogP contribution in [0.1, 0.15) is 0 Å². The molecule has 0 saturated heterocycles. The lowest BCUT2D eigenvalue weighted by Crippen LogP contribution is -1.86. The van der Waals surface area contributed by atoms with Crippen molar-refractivity contribution in [3.8, 4) is 5.75 Å². The van der Waals surface area contributed by atoms with Crippen LogP contribution in [0.4, 0.5) is 11.4 Å². The summed E-state index contributed by atoms with van der Waals surface area (Å²) in [5.41, 5.74) is -0.605. The van der Waals surface area contributed by atoms with E-state index in [0.29, 0.717) is 0 Å². The van der Waals surface area contributed by atoms with Crippen molar-refractivity contribution in [2.24, 2.45) is 5.18 Å². The average Bonchev–Trinajstić information content (AvgIpc) is 2.05. The van der Waals surface area contributed by atoms with E-state index >= 15 is 0 Å². The van der Waals surface area contributed by atoms with Crippen LogP contribution in [-0.2, 0) is 0 Å². The molecule has 0 bridgehead atoms. The lowest BCUT2D eigenvalue weighted by Gasteiger charge is -1.94. The van der Waals surface area contributed by atoms with E-state index in [4.69, 9.17) is 5.11 Å². The van der Waals surface area contributed by atoms with Crippen LogP contribution in [0, 0.1) is 15.0 Å². The quantitative estimate of drug-likeness (QED) is 0.413. The van der Waals surface area contributed by atoms with Crippen molar-refractivity contribution in [2.75, 3.05) is 0 Å². The summed E-state index contributed by atoms with van der Waals surface area (Å²) < 4.78 is 0. The highest BCUT2D eigenvalue weighted by molar-refractivity contribution is 5.56. The van der Waals surface area contributed by atoms with E-state index in [1.807, 2.05) is 0 Å². The minimum Gasteiger partial charge on any atom is -0.506 e. The van der Waals surface area contributed by atoms with Gasteiger partial charge in [-0.1, -0.05) is 0 Å². The van der Waals surface area contributed by atoms with Gasteiger partial charge in [0, 0.05) is 12.1 Å². The minimum atomic E-state index is -0.673. The highest BCUT2D eigenvalue weighted by atomic mass is 16.6. The van der Waals surface area contributed by atoms with Crippen molar-refractivity contribution in [3.63, 3.8) is 0 Å². The second-order valence-corrected chi connectivity index (χ2v) is 2.02. The van der Waals surface area contributed by atoms with Crippen LogP contribution in [0.5, 0.6) is 5.75 Å². The number of aromatic hydroxyl groups is 1. The molecule has 6 nitrogen and oxygen atoms in total. The van der Waals surface area contributed by atoms with E-state index in [1.54, 1.807) is 0 Å². The predicted octanol–water partition coefficient (Wildman–Crippen LogP) is 1.70. The number of non-ortho nitro benzene ring substituents is 1. The molecule has 1 aromatic rings. The van der Waals surface area contributed by atoms with Gasteiger partial charge in [-0.25, -0.2) is 0 Å². The van der Waals surface area contributed by atoms with E-state index in [9.17, 15) is 15.0 Å². The molecule has 0 fully saturated rings. The van der Waals surface area contributed by atoms with Gasteiger partial charge in [-0.2, -0.15) is 0 Å². The lowest BCUT2D eigenvalue weighted by atomic mass is 10.2. The zero-order valence-electron chi connectivity index (χ0n) is 5.80. The Morgan fingerprint density at radius 2 is 2.17 bits per heavy atom. The van der Waals surface area contributed by atoms with E-state index in [1.165, 1.54) is 0 Å². The number of phenols is 1. The largest absolute Gasteiger partial charge is 0.506 e. The molecular formula is C6H4N2O4. The second kappa shape index (κ2) is 2.95. The van der Waals surface area contributed by atoms with Gasteiger partial charge in [0.25, 0.3) is 5.69 Å². The molecule has 0 amide bonds. The summed E-state index contributed by atoms with van der Waals surface area (Å²) in [5.74, 6) is -0.365. The molecule has 6 heteroatoms. The molecule has 0 aliphatic carbocycles. The zero-order valence-corrected chi connectivity index (χ0v) is 5.80. The number of rotatable bonds is 2. The Hall–Kier alpha value is -1.98. The summed E-state index contributed by atoms with van der Waals surface area (Å²) >= 11 is 0. The van der Waals surface area contributed by atoms with E-state index in [2.05, 4.69) is 5.18 Å². The Morgan fingerprint density at radius 3 is 2.67 bits per heavy atom. The molecule has 0 radical (unpaired) electrons. The first-order valence-corrected chi connectivity index (χ1v) is 2.96. The van der Waals surface area contributed by atoms with Crippen molar-refractivity contribution < 1.29 is 10.0 Å². The molecule has 0 aliphatic heterocycles. The Balaban J connectivity index is 3.22. The van der Waals surface area contributed by atoms with Gasteiger partial charge in [0.1, 0.15) is 5.75 Å². The normalized spacial score (nSPS) is 9.33. The summed E-state index contributed by atoms with van der Waals surface area (Å²) in [6, 6.07) is 3.04. The first-order valence-electron chi connectivity index (χ1n) is 2.96. The maximum atomic E-state index is 10.2. The molecular weight excluding hydrogens is 164 g/mol. The number of nitro benzene ring substituents is 1. The number of hydrogen-bond donors (Lipinski definition) is 1. The summed E-state index contributed by atoms with van der Waals surface area (Å²) in [6.07, 6.45) is 0. The van der Waals surface area contributed by atoms with Crippen molar-refractivity contribution in [2.45, 2.75) is 0 Å². The first kappa shape index (κ1) is 8.12. The van der Waals surface area contributed by atoms with Crippen LogP contribution in [-0.4, -0.2) is 10.0 Å². The van der Waals surface area contributed by atoms with Crippen LogP contribution in [0.3, 0.4) is 0 Å². The first-order chi connectivity index (χ1) is 5.65. The molecule has 1 rings (SSSR count). The molecule has 0 atom stereocenters. The fraction of sp³-hybridized carbons (Fsp3) is 0. The maximum Gasteiger partial charge on any atom is 0.271 e. The molecule has 0 aliphatic rings. The SMILES string of the molecule is O=Nc1cc([N+](=O)[O-])ccc1O. The van der Waals surface area contributed by atoms with Gasteiger partial charge in [-0.05, 0) is 11.2 Å². The molecule has 0 unspecified atom stereocenters. The Labute approximate surface area is 66.6 Å². The topological polar surface area (TPSA) is 92.8 Å². The summed E-state index contributed by atoms with van der Waals surface area (Å²) in [5, 5.41) is 21.5. The molecule has 12 heavy (non-hydrogen) atoms. The van der Waals surface area contributed by atoms with E-state index in [0.717, 1.165) is 18.2 Å². The number of nitroso groups, excluding NO2 is 1. The lowest BCUT2D eigenvalue weighted by molar-refractivity contribution is -0.384. The second-order valence-electron chi connectivity index (χ2n) is 2.02. The van der Waals surface area contributed by atoms with E-state index < -0.39 is 4.92 Å². The maximum absolute atomic E-state index is 10.2. The molecule has 0 spiro atoms. The summed E-state index contributed by atoms with van der Waals surface area (Å²) in [6.45, 7) is 0. The molecule has 0 heterocycles. The van der Waals surface area contributed by atoms with Crippen LogP contribution >= 0.6 is 0 Å². The number of phenolic OH excluding ortho intramolecular Hbond substituents is 1. The molecule has 0 aromatic heterocycles. The smallest absolute Gasteiger partial charge is 0.271 e. The van der Waals surface area contributed by atoms with Crippen LogP contribution in [0.25, 0.3) is 0 Å². The standard InChI is InChI=1S/C6H4N2O4/c9-6-2-1-4(8(11)12)3-5(6)7-10/h1-3,9H. The van der Waals surface area contributed by atoms with Gasteiger partial charge < -0.3 is 5.11 Å². The fourth-order valence-corrected chi connectivity index (χ4v) is 0.699. The molecule has 0 saturated carbocycles. The Kier molecular flexibility index (Phi) is 2.00.